The van der Waals surface area contributed by atoms with Gasteiger partial charge in [0.05, 0.1) is 4.92 Å². The summed E-state index contributed by atoms with van der Waals surface area (Å²) in [6.45, 7) is 2.64. The largest absolute Gasteiger partial charge is 0.335 e. The van der Waals surface area contributed by atoms with Crippen LogP contribution in [0.1, 0.15) is 25.7 Å². The molecular weight excluding hydrogens is 416 g/mol. The van der Waals surface area contributed by atoms with E-state index in [1.54, 1.807) is 4.90 Å². The number of benzene rings is 2. The number of hydrogen-bond acceptors (Lipinski definition) is 7. The number of hydrogen-bond donors (Lipinski definition) is 0. The van der Waals surface area contributed by atoms with Crippen LogP contribution in [0.3, 0.4) is 0 Å². The monoisotopic (exact) mass is 436 g/mol. The molecule has 1 fully saturated rings. The molecule has 9 heteroatoms. The van der Waals surface area contributed by atoms with Gasteiger partial charge in [-0.1, -0.05) is 42.5 Å². The number of nitro benzene ring substituents is 1. The van der Waals surface area contributed by atoms with Gasteiger partial charge >= 0.3 is 0 Å². The van der Waals surface area contributed by atoms with Crippen molar-refractivity contribution in [2.75, 3.05) is 33.2 Å². The predicted octanol–water partition coefficient (Wildman–Crippen LogP) is 3.34. The van der Waals surface area contributed by atoms with Gasteiger partial charge in [0.1, 0.15) is 15.6 Å². The first-order valence-electron chi connectivity index (χ1n) is 9.77. The first kappa shape index (κ1) is 20.8. The van der Waals surface area contributed by atoms with Crippen LogP contribution in [0.25, 0.3) is 10.6 Å². The highest BCUT2D eigenvalue weighted by molar-refractivity contribution is 7.17. The Kier molecular flexibility index (Phi) is 5.88. The van der Waals surface area contributed by atoms with Crippen molar-refractivity contribution in [1.29, 1.82) is 0 Å². The van der Waals surface area contributed by atoms with Gasteiger partial charge in [0.2, 0.25) is 5.78 Å². The van der Waals surface area contributed by atoms with Crippen molar-refractivity contribution in [3.8, 4) is 10.6 Å². The quantitative estimate of drug-likeness (QED) is 0.346. The summed E-state index contributed by atoms with van der Waals surface area (Å²) < 4.78 is 0. The summed E-state index contributed by atoms with van der Waals surface area (Å²) >= 11 is 1.18. The van der Waals surface area contributed by atoms with Gasteiger partial charge in [-0.15, -0.1) is 11.3 Å². The Morgan fingerprint density at radius 3 is 2.42 bits per heavy atom. The van der Waals surface area contributed by atoms with Gasteiger partial charge in [0, 0.05) is 49.4 Å². The second-order valence-electron chi connectivity index (χ2n) is 7.29. The van der Waals surface area contributed by atoms with Crippen LogP contribution in [0.5, 0.6) is 0 Å². The minimum absolute atomic E-state index is 0.0354. The first-order valence-corrected chi connectivity index (χ1v) is 10.6. The molecule has 1 aromatic heterocycles. The number of piperazine rings is 1. The smallest absolute Gasteiger partial charge is 0.270 e. The summed E-state index contributed by atoms with van der Waals surface area (Å²) in [5.41, 5.74) is 0.786. The average Bonchev–Trinajstić information content (AvgIpc) is 3.25. The van der Waals surface area contributed by atoms with Gasteiger partial charge in [-0.25, -0.2) is 4.98 Å². The van der Waals surface area contributed by atoms with Crippen molar-refractivity contribution >= 4 is 28.7 Å². The summed E-state index contributed by atoms with van der Waals surface area (Å²) in [6, 6.07) is 14.8. The van der Waals surface area contributed by atoms with Gasteiger partial charge in [-0.3, -0.25) is 19.7 Å². The molecule has 1 amide bonds. The fourth-order valence-electron chi connectivity index (χ4n) is 3.37. The molecule has 0 atom stereocenters. The molecule has 0 bridgehead atoms. The number of amides is 1. The second kappa shape index (κ2) is 8.75. The number of thiazole rings is 1. The Labute approximate surface area is 182 Å². The molecule has 31 heavy (non-hydrogen) atoms. The fraction of sp³-hybridized carbons (Fsp3) is 0.227. The number of nitrogens with zero attached hydrogens (tertiary/aromatic N) is 4. The predicted molar refractivity (Wildman–Crippen MR) is 117 cm³/mol. The molecule has 3 aromatic rings. The van der Waals surface area contributed by atoms with Crippen molar-refractivity contribution in [2.45, 2.75) is 0 Å². The molecule has 0 aliphatic carbocycles. The fourth-order valence-corrected chi connectivity index (χ4v) is 4.41. The summed E-state index contributed by atoms with van der Waals surface area (Å²) in [5.74, 6) is -0.735. The summed E-state index contributed by atoms with van der Waals surface area (Å²) in [4.78, 5) is 45.8. The van der Waals surface area contributed by atoms with Gasteiger partial charge < -0.3 is 9.80 Å². The Morgan fingerprint density at radius 2 is 1.74 bits per heavy atom. The van der Waals surface area contributed by atoms with Crippen molar-refractivity contribution in [2.24, 2.45) is 0 Å². The molecule has 0 saturated carbocycles. The van der Waals surface area contributed by atoms with E-state index in [0.717, 1.165) is 18.7 Å². The molecular formula is C22H20N4O4S. The minimum atomic E-state index is -0.552. The van der Waals surface area contributed by atoms with Crippen LogP contribution in [0, 0.1) is 10.1 Å². The van der Waals surface area contributed by atoms with Crippen LogP contribution in [0.2, 0.25) is 0 Å². The van der Waals surface area contributed by atoms with E-state index in [2.05, 4.69) is 9.88 Å². The molecule has 0 N–H and O–H groups in total. The van der Waals surface area contributed by atoms with E-state index in [1.165, 1.54) is 35.6 Å². The van der Waals surface area contributed by atoms with Crippen molar-refractivity contribution in [3.05, 3.63) is 80.8 Å². The number of non-ortho nitro benzene ring substituents is 1. The lowest BCUT2D eigenvalue weighted by molar-refractivity contribution is -0.384. The van der Waals surface area contributed by atoms with E-state index >= 15 is 0 Å². The third-order valence-electron chi connectivity index (χ3n) is 5.17. The van der Waals surface area contributed by atoms with Crippen molar-refractivity contribution in [3.63, 3.8) is 0 Å². The van der Waals surface area contributed by atoms with Crippen molar-refractivity contribution < 1.29 is 14.5 Å². The van der Waals surface area contributed by atoms with Crippen LogP contribution in [-0.4, -0.2) is 64.6 Å². The maximum absolute atomic E-state index is 13.3. The van der Waals surface area contributed by atoms with E-state index < -0.39 is 10.7 Å². The molecule has 0 spiro atoms. The number of rotatable bonds is 5. The Morgan fingerprint density at radius 1 is 1.03 bits per heavy atom. The lowest BCUT2D eigenvalue weighted by atomic mass is 10.1. The van der Waals surface area contributed by atoms with Gasteiger partial charge in [0.25, 0.3) is 11.6 Å². The minimum Gasteiger partial charge on any atom is -0.335 e. The molecule has 0 radical (unpaired) electrons. The average molecular weight is 436 g/mol. The van der Waals surface area contributed by atoms with E-state index in [4.69, 9.17) is 0 Å². The highest BCUT2D eigenvalue weighted by atomic mass is 32.1. The highest BCUT2D eigenvalue weighted by Gasteiger charge is 2.30. The lowest BCUT2D eigenvalue weighted by Crippen LogP contribution is -2.47. The molecule has 2 aromatic carbocycles. The highest BCUT2D eigenvalue weighted by Crippen LogP contribution is 2.31. The Balaban J connectivity index is 1.75. The van der Waals surface area contributed by atoms with E-state index in [9.17, 15) is 19.7 Å². The van der Waals surface area contributed by atoms with Crippen LogP contribution in [0.4, 0.5) is 5.69 Å². The second-order valence-corrected chi connectivity index (χ2v) is 8.29. The summed E-state index contributed by atoms with van der Waals surface area (Å²) in [5, 5.41) is 11.7. The topological polar surface area (TPSA) is 96.7 Å². The number of carbonyl (C=O) groups is 2. The van der Waals surface area contributed by atoms with Crippen LogP contribution < -0.4 is 0 Å². The zero-order chi connectivity index (χ0) is 22.0. The zero-order valence-electron chi connectivity index (χ0n) is 16.9. The zero-order valence-corrected chi connectivity index (χ0v) is 17.7. The third-order valence-corrected chi connectivity index (χ3v) is 6.26. The van der Waals surface area contributed by atoms with Gasteiger partial charge in [0.15, 0.2) is 0 Å². The van der Waals surface area contributed by atoms with Crippen LogP contribution >= 0.6 is 11.3 Å². The van der Waals surface area contributed by atoms with Crippen LogP contribution in [0.15, 0.2) is 54.6 Å². The first-order chi connectivity index (χ1) is 14.9. The SMILES string of the molecule is CN1CCN(C(=O)c2sc(-c3ccccc3)nc2C(=O)c2cccc([N+](=O)[O-])c2)CC1. The normalized spacial score (nSPS) is 14.4. The molecule has 1 saturated heterocycles. The molecule has 2 heterocycles. The summed E-state index contributed by atoms with van der Waals surface area (Å²) in [6.07, 6.45) is 0. The number of nitro groups is 1. The maximum atomic E-state index is 13.3. The van der Waals surface area contributed by atoms with E-state index in [-0.39, 0.29) is 27.7 Å². The molecule has 158 valence electrons. The third kappa shape index (κ3) is 4.37. The standard InChI is InChI=1S/C22H20N4O4S/c1-24-10-12-25(13-11-24)22(28)20-18(23-21(31-20)15-6-3-2-4-7-15)19(27)16-8-5-9-17(14-16)26(29)30/h2-9,14H,10-13H2,1H3. The van der Waals surface area contributed by atoms with Crippen molar-refractivity contribution in [1.82, 2.24) is 14.8 Å². The number of aromatic nitrogens is 1. The number of carbonyl (C=O) groups excluding carboxylic acids is 2. The molecule has 1 aliphatic heterocycles. The Bertz CT molecular complexity index is 1140. The van der Waals surface area contributed by atoms with E-state index in [1.807, 2.05) is 37.4 Å². The number of likely N-dealkylation sites (N-methyl/N-ethyl adjacent to an activating group) is 1. The number of ketones is 1. The molecule has 1 aliphatic rings. The molecule has 4 rings (SSSR count). The van der Waals surface area contributed by atoms with Crippen LogP contribution in [-0.2, 0) is 0 Å². The van der Waals surface area contributed by atoms with E-state index in [0.29, 0.717) is 18.1 Å². The lowest BCUT2D eigenvalue weighted by Gasteiger charge is -2.32. The molecule has 0 unspecified atom stereocenters. The summed E-state index contributed by atoms with van der Waals surface area (Å²) in [7, 11) is 2.00. The van der Waals surface area contributed by atoms with Gasteiger partial charge in [-0.2, -0.15) is 0 Å². The van der Waals surface area contributed by atoms with Gasteiger partial charge in [-0.05, 0) is 7.05 Å². The Hall–Kier alpha value is -3.43. The maximum Gasteiger partial charge on any atom is 0.270 e. The molecule has 8 nitrogen and oxygen atoms in total.